The summed E-state index contributed by atoms with van der Waals surface area (Å²) >= 11 is 7.76. The van der Waals surface area contributed by atoms with E-state index in [0.717, 1.165) is 10.5 Å². The van der Waals surface area contributed by atoms with Crippen LogP contribution in [-0.4, -0.2) is 24.4 Å². The summed E-state index contributed by atoms with van der Waals surface area (Å²) in [5.74, 6) is 0.949. The van der Waals surface area contributed by atoms with Crippen LogP contribution in [0.4, 0.5) is 0 Å². The summed E-state index contributed by atoms with van der Waals surface area (Å²) in [5.41, 5.74) is 1.99. The topological polar surface area (TPSA) is 44.8 Å². The third-order valence-corrected chi connectivity index (χ3v) is 5.52. The number of hydrogen-bond acceptors (Lipinski definition) is 5. The van der Waals surface area contributed by atoms with Gasteiger partial charge in [-0.25, -0.2) is 0 Å². The Morgan fingerprint density at radius 3 is 2.96 bits per heavy atom. The molecule has 0 fully saturated rings. The number of benzene rings is 2. The molecule has 0 saturated heterocycles. The van der Waals surface area contributed by atoms with Crippen LogP contribution in [0.5, 0.6) is 11.5 Å². The maximum atomic E-state index is 12.3. The van der Waals surface area contributed by atoms with E-state index in [-0.39, 0.29) is 17.8 Å². The predicted octanol–water partition coefficient (Wildman–Crippen LogP) is 3.87. The lowest BCUT2D eigenvalue weighted by Gasteiger charge is -2.20. The average molecular weight is 363 g/mol. The van der Waals surface area contributed by atoms with E-state index in [9.17, 15) is 4.79 Å². The molecule has 1 atom stereocenters. The third-order valence-electron chi connectivity index (χ3n) is 3.95. The highest BCUT2D eigenvalue weighted by atomic mass is 35.5. The van der Waals surface area contributed by atoms with Gasteiger partial charge in [-0.05, 0) is 35.7 Å². The lowest BCUT2D eigenvalue weighted by Crippen LogP contribution is -2.19. The first-order valence-electron chi connectivity index (χ1n) is 7.70. The van der Waals surface area contributed by atoms with Crippen molar-refractivity contribution in [2.24, 2.45) is 0 Å². The number of hydrogen-bond donors (Lipinski definition) is 0. The van der Waals surface area contributed by atoms with Crippen molar-refractivity contribution < 1.29 is 19.0 Å². The molecule has 24 heavy (non-hydrogen) atoms. The molecule has 124 valence electrons. The largest absolute Gasteiger partial charge is 0.486 e. The van der Waals surface area contributed by atoms with Gasteiger partial charge in [0.1, 0.15) is 25.1 Å². The first-order valence-corrected chi connectivity index (χ1v) is 8.96. The standard InChI is InChI=1S/C18H15ClO4S/c19-13-7-11(8-14-17(13)22-6-5-21-14)10-23-18(20)16-9-12-3-1-2-4-15(12)24-16/h1-4,7-8,16H,5-6,9-10H2. The number of thioether (sulfide) groups is 1. The summed E-state index contributed by atoms with van der Waals surface area (Å²) in [5, 5.41) is 0.288. The van der Waals surface area contributed by atoms with Gasteiger partial charge in [-0.1, -0.05) is 29.8 Å². The van der Waals surface area contributed by atoms with Crippen molar-refractivity contribution in [2.45, 2.75) is 23.2 Å². The van der Waals surface area contributed by atoms with E-state index in [0.29, 0.717) is 36.2 Å². The Kier molecular flexibility index (Phi) is 4.29. The molecule has 4 rings (SSSR count). The summed E-state index contributed by atoms with van der Waals surface area (Å²) in [4.78, 5) is 13.5. The van der Waals surface area contributed by atoms with Gasteiger partial charge in [-0.2, -0.15) is 0 Å². The van der Waals surface area contributed by atoms with Crippen LogP contribution in [0.15, 0.2) is 41.3 Å². The van der Waals surface area contributed by atoms with Gasteiger partial charge < -0.3 is 14.2 Å². The van der Waals surface area contributed by atoms with E-state index in [1.165, 1.54) is 5.56 Å². The van der Waals surface area contributed by atoms with Crippen LogP contribution in [-0.2, 0) is 22.6 Å². The second kappa shape index (κ2) is 6.57. The molecule has 0 saturated carbocycles. The highest BCUT2D eigenvalue weighted by molar-refractivity contribution is 8.01. The molecule has 0 amide bonds. The molecular formula is C18H15ClO4S. The van der Waals surface area contributed by atoms with Gasteiger partial charge in [-0.15, -0.1) is 11.8 Å². The van der Waals surface area contributed by atoms with Crippen LogP contribution < -0.4 is 9.47 Å². The quantitative estimate of drug-likeness (QED) is 0.775. The highest BCUT2D eigenvalue weighted by Gasteiger charge is 2.29. The molecule has 4 nitrogen and oxygen atoms in total. The van der Waals surface area contributed by atoms with E-state index < -0.39 is 0 Å². The molecule has 2 aromatic carbocycles. The molecule has 2 aliphatic rings. The van der Waals surface area contributed by atoms with E-state index in [1.807, 2.05) is 24.3 Å². The fraction of sp³-hybridized carbons (Fsp3) is 0.278. The van der Waals surface area contributed by atoms with Gasteiger partial charge in [0.2, 0.25) is 0 Å². The van der Waals surface area contributed by atoms with Gasteiger partial charge in [0.15, 0.2) is 11.5 Å². The van der Waals surface area contributed by atoms with Crippen LogP contribution in [0, 0.1) is 0 Å². The van der Waals surface area contributed by atoms with Crippen LogP contribution >= 0.6 is 23.4 Å². The number of carbonyl (C=O) groups excluding carboxylic acids is 1. The number of halogens is 1. The summed E-state index contributed by atoms with van der Waals surface area (Å²) < 4.78 is 16.5. The summed E-state index contributed by atoms with van der Waals surface area (Å²) in [6.07, 6.45) is 0.710. The van der Waals surface area contributed by atoms with E-state index >= 15 is 0 Å². The highest BCUT2D eigenvalue weighted by Crippen LogP contribution is 2.39. The monoisotopic (exact) mass is 362 g/mol. The minimum Gasteiger partial charge on any atom is -0.486 e. The first kappa shape index (κ1) is 15.7. The Bertz CT molecular complexity index is 768. The van der Waals surface area contributed by atoms with Gasteiger partial charge in [0, 0.05) is 4.90 Å². The molecule has 2 aromatic rings. The van der Waals surface area contributed by atoms with E-state index in [4.69, 9.17) is 25.8 Å². The van der Waals surface area contributed by atoms with Gasteiger partial charge >= 0.3 is 5.97 Å². The number of fused-ring (bicyclic) bond motifs is 2. The second-order valence-corrected chi connectivity index (χ2v) is 7.28. The van der Waals surface area contributed by atoms with Gasteiger partial charge in [0.25, 0.3) is 0 Å². The molecule has 0 aliphatic carbocycles. The summed E-state index contributed by atoms with van der Waals surface area (Å²) in [6.45, 7) is 1.15. The maximum absolute atomic E-state index is 12.3. The van der Waals surface area contributed by atoms with Crippen molar-refractivity contribution in [3.63, 3.8) is 0 Å². The first-order chi connectivity index (χ1) is 11.7. The smallest absolute Gasteiger partial charge is 0.320 e. The minimum absolute atomic E-state index is 0.169. The SMILES string of the molecule is O=C(OCc1cc(Cl)c2c(c1)OCCO2)C1Cc2ccccc2S1. The molecule has 2 aliphatic heterocycles. The number of ether oxygens (including phenoxy) is 3. The zero-order valence-corrected chi connectivity index (χ0v) is 14.4. The summed E-state index contributed by atoms with van der Waals surface area (Å²) in [6, 6.07) is 11.6. The fourth-order valence-corrected chi connectivity index (χ4v) is 4.29. The number of esters is 1. The van der Waals surface area contributed by atoms with Gasteiger partial charge in [0.05, 0.1) is 5.02 Å². The Hall–Kier alpha value is -1.85. The molecule has 0 N–H and O–H groups in total. The van der Waals surface area contributed by atoms with Crippen molar-refractivity contribution in [1.29, 1.82) is 0 Å². The zero-order valence-electron chi connectivity index (χ0n) is 12.8. The Morgan fingerprint density at radius 2 is 2.08 bits per heavy atom. The molecule has 1 unspecified atom stereocenters. The number of carbonyl (C=O) groups is 1. The van der Waals surface area contributed by atoms with Gasteiger partial charge in [-0.3, -0.25) is 4.79 Å². The molecular weight excluding hydrogens is 348 g/mol. The number of rotatable bonds is 3. The maximum Gasteiger partial charge on any atom is 0.320 e. The lowest BCUT2D eigenvalue weighted by atomic mass is 10.1. The Morgan fingerprint density at radius 1 is 1.25 bits per heavy atom. The van der Waals surface area contributed by atoms with Crippen LogP contribution in [0.25, 0.3) is 0 Å². The normalized spacial score (nSPS) is 18.1. The van der Waals surface area contributed by atoms with Crippen molar-refractivity contribution in [2.75, 3.05) is 13.2 Å². The predicted molar refractivity (Wildman–Crippen MR) is 92.0 cm³/mol. The Labute approximate surface area is 149 Å². The molecule has 0 aromatic heterocycles. The second-order valence-electron chi connectivity index (χ2n) is 5.63. The molecule has 0 radical (unpaired) electrons. The van der Waals surface area contributed by atoms with Crippen LogP contribution in [0.2, 0.25) is 5.02 Å². The average Bonchev–Trinajstić information content (AvgIpc) is 3.04. The zero-order chi connectivity index (χ0) is 16.5. The lowest BCUT2D eigenvalue weighted by molar-refractivity contribution is -0.144. The van der Waals surface area contributed by atoms with Crippen molar-refractivity contribution in [3.8, 4) is 11.5 Å². The van der Waals surface area contributed by atoms with Crippen LogP contribution in [0.1, 0.15) is 11.1 Å². The van der Waals surface area contributed by atoms with Crippen molar-refractivity contribution in [3.05, 3.63) is 52.5 Å². The van der Waals surface area contributed by atoms with E-state index in [2.05, 4.69) is 6.07 Å². The van der Waals surface area contributed by atoms with E-state index in [1.54, 1.807) is 17.8 Å². The van der Waals surface area contributed by atoms with Crippen molar-refractivity contribution in [1.82, 2.24) is 0 Å². The summed E-state index contributed by atoms with van der Waals surface area (Å²) in [7, 11) is 0. The van der Waals surface area contributed by atoms with Crippen LogP contribution in [0.3, 0.4) is 0 Å². The third kappa shape index (κ3) is 3.06. The minimum atomic E-state index is -0.206. The molecule has 2 heterocycles. The molecule has 6 heteroatoms. The molecule has 0 bridgehead atoms. The Balaban J connectivity index is 1.41. The van der Waals surface area contributed by atoms with Crippen molar-refractivity contribution >= 4 is 29.3 Å². The fourth-order valence-electron chi connectivity index (χ4n) is 2.81. The molecule has 0 spiro atoms.